The standard InChI is InChI=1S/C15H16BrNS/c1-12-2-8-15(9-3-12)18-11-10-17-14-6-4-13(16)5-7-14/h2-9,17H,10-11H2,1H3. The molecule has 0 fully saturated rings. The van der Waals surface area contributed by atoms with Gasteiger partial charge in [0.05, 0.1) is 0 Å². The summed E-state index contributed by atoms with van der Waals surface area (Å²) in [5, 5.41) is 3.41. The number of nitrogens with one attached hydrogen (secondary N) is 1. The van der Waals surface area contributed by atoms with Crippen molar-refractivity contribution in [3.05, 3.63) is 58.6 Å². The summed E-state index contributed by atoms with van der Waals surface area (Å²) in [6.07, 6.45) is 0. The lowest BCUT2D eigenvalue weighted by Gasteiger charge is -2.06. The van der Waals surface area contributed by atoms with Crippen molar-refractivity contribution in [3.63, 3.8) is 0 Å². The number of benzene rings is 2. The van der Waals surface area contributed by atoms with Crippen LogP contribution in [0.3, 0.4) is 0 Å². The van der Waals surface area contributed by atoms with E-state index in [0.29, 0.717) is 0 Å². The summed E-state index contributed by atoms with van der Waals surface area (Å²) in [4.78, 5) is 1.33. The van der Waals surface area contributed by atoms with Gasteiger partial charge in [0.25, 0.3) is 0 Å². The number of hydrogen-bond donors (Lipinski definition) is 1. The first-order valence-electron chi connectivity index (χ1n) is 5.93. The highest BCUT2D eigenvalue weighted by atomic mass is 79.9. The van der Waals surface area contributed by atoms with Crippen molar-refractivity contribution in [3.8, 4) is 0 Å². The molecule has 0 aliphatic heterocycles. The van der Waals surface area contributed by atoms with Gasteiger partial charge in [-0.15, -0.1) is 11.8 Å². The van der Waals surface area contributed by atoms with E-state index in [9.17, 15) is 0 Å². The first-order valence-corrected chi connectivity index (χ1v) is 7.71. The van der Waals surface area contributed by atoms with Crippen LogP contribution < -0.4 is 5.32 Å². The second-order valence-corrected chi connectivity index (χ2v) is 6.18. The van der Waals surface area contributed by atoms with Gasteiger partial charge in [0.1, 0.15) is 0 Å². The molecule has 0 bridgehead atoms. The third-order valence-corrected chi connectivity index (χ3v) is 4.11. The van der Waals surface area contributed by atoms with Crippen molar-refractivity contribution in [1.82, 2.24) is 0 Å². The Labute approximate surface area is 121 Å². The number of halogens is 1. The van der Waals surface area contributed by atoms with Gasteiger partial charge in [-0.05, 0) is 43.3 Å². The lowest BCUT2D eigenvalue weighted by atomic mass is 10.2. The third-order valence-electron chi connectivity index (χ3n) is 2.57. The Morgan fingerprint density at radius 3 is 2.33 bits per heavy atom. The van der Waals surface area contributed by atoms with Crippen LogP contribution in [0.5, 0.6) is 0 Å². The van der Waals surface area contributed by atoms with E-state index >= 15 is 0 Å². The zero-order valence-electron chi connectivity index (χ0n) is 10.3. The molecule has 18 heavy (non-hydrogen) atoms. The fourth-order valence-electron chi connectivity index (χ4n) is 1.57. The molecule has 0 aliphatic carbocycles. The fraction of sp³-hybridized carbons (Fsp3) is 0.200. The largest absolute Gasteiger partial charge is 0.384 e. The molecule has 2 aromatic carbocycles. The first-order chi connectivity index (χ1) is 8.74. The van der Waals surface area contributed by atoms with Crippen LogP contribution in [0.2, 0.25) is 0 Å². The Balaban J connectivity index is 1.73. The lowest BCUT2D eigenvalue weighted by molar-refractivity contribution is 1.22. The average molecular weight is 322 g/mol. The van der Waals surface area contributed by atoms with Crippen LogP contribution in [0.4, 0.5) is 5.69 Å². The van der Waals surface area contributed by atoms with E-state index in [1.54, 1.807) is 0 Å². The molecule has 0 amide bonds. The van der Waals surface area contributed by atoms with Gasteiger partial charge >= 0.3 is 0 Å². The number of hydrogen-bond acceptors (Lipinski definition) is 2. The Kier molecular flexibility index (Phi) is 5.14. The number of aryl methyl sites for hydroxylation is 1. The van der Waals surface area contributed by atoms with E-state index < -0.39 is 0 Å². The Morgan fingerprint density at radius 2 is 1.67 bits per heavy atom. The zero-order valence-corrected chi connectivity index (χ0v) is 12.7. The van der Waals surface area contributed by atoms with Gasteiger partial charge in [-0.1, -0.05) is 33.6 Å². The molecule has 1 nitrogen and oxygen atoms in total. The highest BCUT2D eigenvalue weighted by Gasteiger charge is 1.95. The summed E-state index contributed by atoms with van der Waals surface area (Å²) in [5.74, 6) is 1.07. The van der Waals surface area contributed by atoms with Crippen LogP contribution in [-0.2, 0) is 0 Å². The molecule has 94 valence electrons. The summed E-state index contributed by atoms with van der Waals surface area (Å²) in [7, 11) is 0. The van der Waals surface area contributed by atoms with Crippen molar-refractivity contribution in [1.29, 1.82) is 0 Å². The van der Waals surface area contributed by atoms with Crippen LogP contribution in [0.1, 0.15) is 5.56 Å². The average Bonchev–Trinajstić information content (AvgIpc) is 2.39. The van der Waals surface area contributed by atoms with Gasteiger partial charge in [0, 0.05) is 27.4 Å². The minimum atomic E-state index is 0.972. The van der Waals surface area contributed by atoms with E-state index in [1.165, 1.54) is 16.1 Å². The van der Waals surface area contributed by atoms with Gasteiger partial charge < -0.3 is 5.32 Å². The van der Waals surface area contributed by atoms with Crippen LogP contribution in [-0.4, -0.2) is 12.3 Å². The predicted molar refractivity (Wildman–Crippen MR) is 84.5 cm³/mol. The van der Waals surface area contributed by atoms with Crippen LogP contribution in [0.25, 0.3) is 0 Å². The number of rotatable bonds is 5. The van der Waals surface area contributed by atoms with Crippen molar-refractivity contribution >= 4 is 33.4 Å². The van der Waals surface area contributed by atoms with Gasteiger partial charge in [0.15, 0.2) is 0 Å². The molecule has 0 radical (unpaired) electrons. The number of anilines is 1. The summed E-state index contributed by atoms with van der Waals surface area (Å²) < 4.78 is 1.11. The highest BCUT2D eigenvalue weighted by Crippen LogP contribution is 2.18. The molecule has 3 heteroatoms. The molecule has 0 heterocycles. The normalized spacial score (nSPS) is 10.3. The molecular formula is C15H16BrNS. The smallest absolute Gasteiger partial charge is 0.0341 e. The molecule has 0 saturated carbocycles. The van der Waals surface area contributed by atoms with Crippen molar-refractivity contribution in [2.24, 2.45) is 0 Å². The molecule has 2 rings (SSSR count). The quantitative estimate of drug-likeness (QED) is 0.617. The number of thioether (sulfide) groups is 1. The zero-order chi connectivity index (χ0) is 12.8. The topological polar surface area (TPSA) is 12.0 Å². The van der Waals surface area contributed by atoms with Crippen LogP contribution >= 0.6 is 27.7 Å². The van der Waals surface area contributed by atoms with Gasteiger partial charge in [-0.25, -0.2) is 0 Å². The second kappa shape index (κ2) is 6.86. The SMILES string of the molecule is Cc1ccc(SCCNc2ccc(Br)cc2)cc1. The molecule has 1 N–H and O–H groups in total. The maximum absolute atomic E-state index is 3.43. The first kappa shape index (κ1) is 13.5. The third kappa shape index (κ3) is 4.39. The van der Waals surface area contributed by atoms with Crippen molar-refractivity contribution in [2.45, 2.75) is 11.8 Å². The molecule has 0 unspecified atom stereocenters. The molecule has 2 aromatic rings. The Morgan fingerprint density at radius 1 is 1.00 bits per heavy atom. The summed E-state index contributed by atoms with van der Waals surface area (Å²) >= 11 is 5.31. The van der Waals surface area contributed by atoms with Crippen molar-refractivity contribution < 1.29 is 0 Å². The Bertz CT molecular complexity index is 431. The maximum atomic E-state index is 3.43. The van der Waals surface area contributed by atoms with Gasteiger partial charge in [-0.2, -0.15) is 0 Å². The second-order valence-electron chi connectivity index (χ2n) is 4.10. The van der Waals surface area contributed by atoms with E-state index in [0.717, 1.165) is 16.8 Å². The molecule has 0 aromatic heterocycles. The van der Waals surface area contributed by atoms with E-state index in [2.05, 4.69) is 76.7 Å². The minimum Gasteiger partial charge on any atom is -0.384 e. The molecule has 0 atom stereocenters. The van der Waals surface area contributed by atoms with Gasteiger partial charge in [0.2, 0.25) is 0 Å². The van der Waals surface area contributed by atoms with E-state index in [-0.39, 0.29) is 0 Å². The monoisotopic (exact) mass is 321 g/mol. The Hall–Kier alpha value is -0.930. The summed E-state index contributed by atoms with van der Waals surface area (Å²) in [5.41, 5.74) is 2.48. The summed E-state index contributed by atoms with van der Waals surface area (Å²) in [6, 6.07) is 16.9. The molecule has 0 saturated heterocycles. The summed E-state index contributed by atoms with van der Waals surface area (Å²) in [6.45, 7) is 3.09. The predicted octanol–water partition coefficient (Wildman–Crippen LogP) is 4.96. The minimum absolute atomic E-state index is 0.972. The van der Waals surface area contributed by atoms with E-state index in [4.69, 9.17) is 0 Å². The van der Waals surface area contributed by atoms with Crippen LogP contribution in [0, 0.1) is 6.92 Å². The lowest BCUT2D eigenvalue weighted by Crippen LogP contribution is -2.03. The highest BCUT2D eigenvalue weighted by molar-refractivity contribution is 9.10. The molecular weight excluding hydrogens is 306 g/mol. The maximum Gasteiger partial charge on any atom is 0.0341 e. The molecule has 0 spiro atoms. The van der Waals surface area contributed by atoms with Crippen molar-refractivity contribution in [2.75, 3.05) is 17.6 Å². The van der Waals surface area contributed by atoms with Gasteiger partial charge in [-0.3, -0.25) is 0 Å². The van der Waals surface area contributed by atoms with Crippen LogP contribution in [0.15, 0.2) is 57.9 Å². The molecule has 0 aliphatic rings. The fourth-order valence-corrected chi connectivity index (χ4v) is 2.60. The van der Waals surface area contributed by atoms with E-state index in [1.807, 2.05) is 11.8 Å².